The molecule has 0 aliphatic carbocycles. The summed E-state index contributed by atoms with van der Waals surface area (Å²) in [7, 11) is 0. The monoisotopic (exact) mass is 262 g/mol. The molecular formula is C6H3IN2S. The van der Waals surface area contributed by atoms with Crippen LogP contribution in [0.25, 0.3) is 10.2 Å². The largest absolute Gasteiger partial charge is 0.244 e. The second-order valence-electron chi connectivity index (χ2n) is 1.83. The van der Waals surface area contributed by atoms with Gasteiger partial charge in [0.05, 0.1) is 2.88 Å². The van der Waals surface area contributed by atoms with Crippen molar-refractivity contribution in [2.75, 3.05) is 0 Å². The highest BCUT2D eigenvalue weighted by Crippen LogP contribution is 2.23. The van der Waals surface area contributed by atoms with Crippen LogP contribution in [-0.4, -0.2) is 9.97 Å². The summed E-state index contributed by atoms with van der Waals surface area (Å²) in [5, 5.41) is 1.14. The molecule has 2 heterocycles. The Hall–Kier alpha value is -0.230. The minimum absolute atomic E-state index is 1.07. The highest BCUT2D eigenvalue weighted by atomic mass is 127. The van der Waals surface area contributed by atoms with Crippen molar-refractivity contribution in [1.82, 2.24) is 9.97 Å². The van der Waals surface area contributed by atoms with E-state index in [9.17, 15) is 0 Å². The van der Waals surface area contributed by atoms with E-state index in [-0.39, 0.29) is 0 Å². The summed E-state index contributed by atoms with van der Waals surface area (Å²) in [6, 6.07) is 2.08. The molecule has 0 saturated carbocycles. The van der Waals surface area contributed by atoms with Crippen molar-refractivity contribution >= 4 is 44.1 Å². The molecule has 0 amide bonds. The van der Waals surface area contributed by atoms with Crippen molar-refractivity contribution in [3.8, 4) is 0 Å². The topological polar surface area (TPSA) is 25.8 Å². The van der Waals surface area contributed by atoms with Crippen LogP contribution < -0.4 is 0 Å². The fourth-order valence-electron chi connectivity index (χ4n) is 0.758. The van der Waals surface area contributed by atoms with Crippen LogP contribution in [0.3, 0.4) is 0 Å². The van der Waals surface area contributed by atoms with Crippen LogP contribution in [0.5, 0.6) is 0 Å². The van der Waals surface area contributed by atoms with Crippen LogP contribution in [0.15, 0.2) is 18.6 Å². The second-order valence-corrected chi connectivity index (χ2v) is 4.76. The molecule has 2 nitrogen and oxygen atoms in total. The van der Waals surface area contributed by atoms with Crippen molar-refractivity contribution in [2.24, 2.45) is 0 Å². The maximum atomic E-state index is 4.10. The number of halogens is 1. The molecular weight excluding hydrogens is 259 g/mol. The molecule has 0 saturated heterocycles. The summed E-state index contributed by atoms with van der Waals surface area (Å²) in [6.45, 7) is 0. The van der Waals surface area contributed by atoms with Gasteiger partial charge in [-0.05, 0) is 28.7 Å². The number of hydrogen-bond acceptors (Lipinski definition) is 3. The molecule has 0 aliphatic heterocycles. The van der Waals surface area contributed by atoms with E-state index in [2.05, 4.69) is 38.6 Å². The van der Waals surface area contributed by atoms with Crippen LogP contribution in [0.2, 0.25) is 0 Å². The first-order valence-corrected chi connectivity index (χ1v) is 4.61. The summed E-state index contributed by atoms with van der Waals surface area (Å²) in [5.74, 6) is 0. The van der Waals surface area contributed by atoms with Gasteiger partial charge in [0.25, 0.3) is 0 Å². The Kier molecular flexibility index (Phi) is 1.57. The zero-order valence-electron chi connectivity index (χ0n) is 4.91. The number of hydrogen-bond donors (Lipinski definition) is 0. The molecule has 0 fully saturated rings. The average molecular weight is 262 g/mol. The van der Waals surface area contributed by atoms with Gasteiger partial charge in [0, 0.05) is 11.6 Å². The smallest absolute Gasteiger partial charge is 0.127 e. The lowest BCUT2D eigenvalue weighted by atomic mass is 10.4. The Morgan fingerprint density at radius 2 is 2.40 bits per heavy atom. The molecule has 50 valence electrons. The van der Waals surface area contributed by atoms with Gasteiger partial charge >= 0.3 is 0 Å². The van der Waals surface area contributed by atoms with Crippen molar-refractivity contribution in [1.29, 1.82) is 0 Å². The van der Waals surface area contributed by atoms with E-state index in [1.165, 1.54) is 2.88 Å². The molecule has 0 atom stereocenters. The Labute approximate surface area is 75.5 Å². The highest BCUT2D eigenvalue weighted by Gasteiger charge is 1.97. The highest BCUT2D eigenvalue weighted by molar-refractivity contribution is 14.1. The van der Waals surface area contributed by atoms with E-state index in [0.29, 0.717) is 0 Å². The normalized spacial score (nSPS) is 10.5. The van der Waals surface area contributed by atoms with Crippen LogP contribution in [0.4, 0.5) is 0 Å². The molecule has 2 aromatic heterocycles. The Morgan fingerprint density at radius 3 is 3.20 bits per heavy atom. The molecule has 0 N–H and O–H groups in total. The zero-order valence-corrected chi connectivity index (χ0v) is 7.89. The summed E-state index contributed by atoms with van der Waals surface area (Å²) < 4.78 is 1.26. The Balaban J connectivity index is 2.88. The lowest BCUT2D eigenvalue weighted by Crippen LogP contribution is -1.71. The summed E-state index contributed by atoms with van der Waals surface area (Å²) in [6.07, 6.45) is 3.41. The molecule has 4 heteroatoms. The van der Waals surface area contributed by atoms with Crippen molar-refractivity contribution in [2.45, 2.75) is 0 Å². The first kappa shape index (κ1) is 6.48. The maximum Gasteiger partial charge on any atom is 0.127 e. The molecule has 10 heavy (non-hydrogen) atoms. The molecule has 0 spiro atoms. The minimum Gasteiger partial charge on any atom is -0.244 e. The van der Waals surface area contributed by atoms with Gasteiger partial charge in [-0.15, -0.1) is 11.3 Å². The van der Waals surface area contributed by atoms with Crippen molar-refractivity contribution in [3.63, 3.8) is 0 Å². The molecule has 0 radical (unpaired) electrons. The third-order valence-corrected chi connectivity index (χ3v) is 2.98. The number of nitrogens with zero attached hydrogens (tertiary/aromatic N) is 2. The fourth-order valence-corrected chi connectivity index (χ4v) is 2.42. The van der Waals surface area contributed by atoms with E-state index in [4.69, 9.17) is 0 Å². The summed E-state index contributed by atoms with van der Waals surface area (Å²) in [4.78, 5) is 9.09. The van der Waals surface area contributed by atoms with E-state index in [1.807, 2.05) is 6.20 Å². The number of rotatable bonds is 0. The third-order valence-electron chi connectivity index (χ3n) is 1.17. The van der Waals surface area contributed by atoms with Gasteiger partial charge in [0.1, 0.15) is 11.2 Å². The molecule has 2 aromatic rings. The van der Waals surface area contributed by atoms with Gasteiger partial charge in [-0.2, -0.15) is 0 Å². The Bertz CT molecular complexity index is 324. The van der Waals surface area contributed by atoms with E-state index >= 15 is 0 Å². The minimum atomic E-state index is 1.07. The predicted octanol–water partition coefficient (Wildman–Crippen LogP) is 2.30. The SMILES string of the molecule is Ic1cc2cncnc2s1. The number of aromatic nitrogens is 2. The summed E-state index contributed by atoms with van der Waals surface area (Å²) in [5.41, 5.74) is 0. The van der Waals surface area contributed by atoms with Crippen LogP contribution in [-0.2, 0) is 0 Å². The van der Waals surface area contributed by atoms with Crippen LogP contribution >= 0.6 is 33.9 Å². The predicted molar refractivity (Wildman–Crippen MR) is 50.1 cm³/mol. The first-order chi connectivity index (χ1) is 4.86. The van der Waals surface area contributed by atoms with Crippen LogP contribution in [0.1, 0.15) is 0 Å². The lowest BCUT2D eigenvalue weighted by Gasteiger charge is -1.80. The first-order valence-electron chi connectivity index (χ1n) is 2.71. The van der Waals surface area contributed by atoms with E-state index in [0.717, 1.165) is 10.2 Å². The molecule has 0 aromatic carbocycles. The second kappa shape index (κ2) is 2.43. The quantitative estimate of drug-likeness (QED) is 0.681. The van der Waals surface area contributed by atoms with Gasteiger partial charge in [-0.1, -0.05) is 0 Å². The third kappa shape index (κ3) is 1.01. The van der Waals surface area contributed by atoms with Gasteiger partial charge in [-0.3, -0.25) is 0 Å². The Morgan fingerprint density at radius 1 is 1.50 bits per heavy atom. The molecule has 0 aliphatic rings. The zero-order chi connectivity index (χ0) is 6.97. The maximum absolute atomic E-state index is 4.10. The number of thiophene rings is 1. The van der Waals surface area contributed by atoms with Gasteiger partial charge in [0.15, 0.2) is 0 Å². The molecule has 2 rings (SSSR count). The van der Waals surface area contributed by atoms with Gasteiger partial charge in [-0.25, -0.2) is 9.97 Å². The lowest BCUT2D eigenvalue weighted by molar-refractivity contribution is 1.23. The standard InChI is InChI=1S/C6H3IN2S/c7-5-1-4-2-8-3-9-6(4)10-5/h1-3H. The summed E-state index contributed by atoms with van der Waals surface area (Å²) >= 11 is 3.97. The van der Waals surface area contributed by atoms with E-state index < -0.39 is 0 Å². The van der Waals surface area contributed by atoms with Crippen molar-refractivity contribution in [3.05, 3.63) is 21.5 Å². The van der Waals surface area contributed by atoms with Gasteiger partial charge < -0.3 is 0 Å². The number of fused-ring (bicyclic) bond motifs is 1. The van der Waals surface area contributed by atoms with Crippen LogP contribution in [0, 0.1) is 2.88 Å². The fraction of sp³-hybridized carbons (Fsp3) is 0. The molecule has 0 bridgehead atoms. The van der Waals surface area contributed by atoms with Crippen molar-refractivity contribution < 1.29 is 0 Å². The van der Waals surface area contributed by atoms with E-state index in [1.54, 1.807) is 17.7 Å². The van der Waals surface area contributed by atoms with Gasteiger partial charge in [0.2, 0.25) is 0 Å². The molecule has 0 unspecified atom stereocenters. The average Bonchev–Trinajstić information content (AvgIpc) is 2.27.